The lowest BCUT2D eigenvalue weighted by Gasteiger charge is -2.59. The summed E-state index contributed by atoms with van der Waals surface area (Å²) in [5, 5.41) is 8.36. The second-order valence-electron chi connectivity index (χ2n) is 8.05. The standard InChI is InChI=1S/C18H29N3/c1-3-5-19-17(16-4-6-20-21(16)2)18-10-13-7-14(11-18)9-15(8-13)12-18/h4,6,13-15,17,19H,3,5,7-12H2,1-2H3. The second-order valence-corrected chi connectivity index (χ2v) is 8.05. The van der Waals surface area contributed by atoms with Gasteiger partial charge in [0.25, 0.3) is 0 Å². The van der Waals surface area contributed by atoms with Gasteiger partial charge in [0.2, 0.25) is 0 Å². The highest BCUT2D eigenvalue weighted by Gasteiger charge is 2.54. The molecule has 1 aromatic heterocycles. The molecular weight excluding hydrogens is 258 g/mol. The van der Waals surface area contributed by atoms with E-state index >= 15 is 0 Å². The zero-order valence-electron chi connectivity index (χ0n) is 13.5. The van der Waals surface area contributed by atoms with E-state index in [0.29, 0.717) is 11.5 Å². The quantitative estimate of drug-likeness (QED) is 0.895. The Hall–Kier alpha value is -0.830. The summed E-state index contributed by atoms with van der Waals surface area (Å²) in [7, 11) is 2.11. The molecule has 0 amide bonds. The summed E-state index contributed by atoms with van der Waals surface area (Å²) in [6.07, 6.45) is 12.1. The van der Waals surface area contributed by atoms with E-state index in [-0.39, 0.29) is 0 Å². The zero-order valence-corrected chi connectivity index (χ0v) is 13.5. The highest BCUT2D eigenvalue weighted by molar-refractivity contribution is 5.16. The van der Waals surface area contributed by atoms with Gasteiger partial charge in [-0.2, -0.15) is 5.10 Å². The third kappa shape index (κ3) is 2.25. The highest BCUT2D eigenvalue weighted by atomic mass is 15.3. The molecule has 1 atom stereocenters. The molecular formula is C18H29N3. The maximum absolute atomic E-state index is 4.45. The molecule has 4 fully saturated rings. The Bertz CT molecular complexity index is 469. The Balaban J connectivity index is 1.68. The van der Waals surface area contributed by atoms with Crippen LogP contribution in [0, 0.1) is 23.2 Å². The topological polar surface area (TPSA) is 29.9 Å². The first-order valence-electron chi connectivity index (χ1n) is 8.91. The molecule has 4 saturated carbocycles. The van der Waals surface area contributed by atoms with E-state index in [2.05, 4.69) is 35.1 Å². The van der Waals surface area contributed by atoms with Crippen LogP contribution < -0.4 is 5.32 Å². The van der Waals surface area contributed by atoms with Gasteiger partial charge in [-0.05, 0) is 80.7 Å². The highest BCUT2D eigenvalue weighted by Crippen LogP contribution is 2.63. The number of nitrogens with one attached hydrogen (secondary N) is 1. The van der Waals surface area contributed by atoms with Crippen molar-refractivity contribution in [2.45, 2.75) is 57.9 Å². The van der Waals surface area contributed by atoms with E-state index in [1.807, 2.05) is 6.20 Å². The normalized spacial score (nSPS) is 38.9. The molecule has 0 saturated heterocycles. The third-order valence-electron chi connectivity index (χ3n) is 6.45. The average molecular weight is 287 g/mol. The summed E-state index contributed by atoms with van der Waals surface area (Å²) in [6.45, 7) is 3.39. The van der Waals surface area contributed by atoms with Gasteiger partial charge in [-0.15, -0.1) is 0 Å². The summed E-state index contributed by atoms with van der Waals surface area (Å²) in [4.78, 5) is 0. The molecule has 1 heterocycles. The van der Waals surface area contributed by atoms with Crippen molar-refractivity contribution in [3.05, 3.63) is 18.0 Å². The number of rotatable bonds is 5. The van der Waals surface area contributed by atoms with Crippen molar-refractivity contribution < 1.29 is 0 Å². The van der Waals surface area contributed by atoms with Crippen molar-refractivity contribution in [3.8, 4) is 0 Å². The first-order chi connectivity index (χ1) is 10.2. The molecule has 5 rings (SSSR count). The number of nitrogens with zero attached hydrogens (tertiary/aromatic N) is 2. The fraction of sp³-hybridized carbons (Fsp3) is 0.833. The van der Waals surface area contributed by atoms with Crippen LogP contribution in [0.15, 0.2) is 12.3 Å². The first-order valence-corrected chi connectivity index (χ1v) is 8.91. The number of aromatic nitrogens is 2. The Kier molecular flexibility index (Phi) is 3.36. The maximum atomic E-state index is 4.45. The summed E-state index contributed by atoms with van der Waals surface area (Å²) < 4.78 is 2.10. The number of hydrogen-bond donors (Lipinski definition) is 1. The van der Waals surface area contributed by atoms with Crippen LogP contribution in [0.5, 0.6) is 0 Å². The Morgan fingerprint density at radius 1 is 1.24 bits per heavy atom. The lowest BCUT2D eigenvalue weighted by Crippen LogP contribution is -2.52. The lowest BCUT2D eigenvalue weighted by molar-refractivity contribution is -0.0761. The monoisotopic (exact) mass is 287 g/mol. The van der Waals surface area contributed by atoms with Crippen molar-refractivity contribution in [2.24, 2.45) is 30.2 Å². The predicted molar refractivity (Wildman–Crippen MR) is 84.8 cm³/mol. The van der Waals surface area contributed by atoms with Gasteiger partial charge in [-0.3, -0.25) is 4.68 Å². The Morgan fingerprint density at radius 3 is 2.33 bits per heavy atom. The zero-order chi connectivity index (χ0) is 14.4. The molecule has 4 aliphatic rings. The summed E-state index contributed by atoms with van der Waals surface area (Å²) >= 11 is 0. The van der Waals surface area contributed by atoms with E-state index in [1.54, 1.807) is 0 Å². The molecule has 21 heavy (non-hydrogen) atoms. The first kappa shape index (κ1) is 13.8. The average Bonchev–Trinajstić information content (AvgIpc) is 2.84. The van der Waals surface area contributed by atoms with Crippen LogP contribution in [-0.2, 0) is 7.05 Å². The SMILES string of the molecule is CCCNC(c1ccnn1C)C12CC3CC(CC(C3)C1)C2. The summed E-state index contributed by atoms with van der Waals surface area (Å²) in [5.41, 5.74) is 1.92. The molecule has 1 N–H and O–H groups in total. The van der Waals surface area contributed by atoms with E-state index in [9.17, 15) is 0 Å². The van der Waals surface area contributed by atoms with Gasteiger partial charge in [-0.1, -0.05) is 6.92 Å². The number of aryl methyl sites for hydroxylation is 1. The van der Waals surface area contributed by atoms with Gasteiger partial charge in [0.1, 0.15) is 0 Å². The second kappa shape index (κ2) is 5.12. The van der Waals surface area contributed by atoms with Crippen LogP contribution in [0.3, 0.4) is 0 Å². The van der Waals surface area contributed by atoms with Crippen molar-refractivity contribution >= 4 is 0 Å². The van der Waals surface area contributed by atoms with E-state index < -0.39 is 0 Å². The number of hydrogen-bond acceptors (Lipinski definition) is 2. The van der Waals surface area contributed by atoms with Crippen LogP contribution in [-0.4, -0.2) is 16.3 Å². The van der Waals surface area contributed by atoms with Crippen molar-refractivity contribution in [3.63, 3.8) is 0 Å². The fourth-order valence-electron chi connectivity index (χ4n) is 6.12. The molecule has 116 valence electrons. The Morgan fingerprint density at radius 2 is 1.86 bits per heavy atom. The smallest absolute Gasteiger partial charge is 0.0555 e. The van der Waals surface area contributed by atoms with Crippen molar-refractivity contribution in [2.75, 3.05) is 6.54 Å². The summed E-state index contributed by atoms with van der Waals surface area (Å²) in [6, 6.07) is 2.75. The molecule has 3 nitrogen and oxygen atoms in total. The molecule has 0 radical (unpaired) electrons. The van der Waals surface area contributed by atoms with Gasteiger partial charge < -0.3 is 5.32 Å². The van der Waals surface area contributed by atoms with Crippen molar-refractivity contribution in [1.29, 1.82) is 0 Å². The van der Waals surface area contributed by atoms with Crippen molar-refractivity contribution in [1.82, 2.24) is 15.1 Å². The van der Waals surface area contributed by atoms with Gasteiger partial charge in [0.15, 0.2) is 0 Å². The molecule has 1 unspecified atom stereocenters. The minimum absolute atomic E-state index is 0.512. The molecule has 4 aliphatic carbocycles. The van der Waals surface area contributed by atoms with Crippen LogP contribution in [0.1, 0.15) is 63.6 Å². The van der Waals surface area contributed by atoms with Gasteiger partial charge in [-0.25, -0.2) is 0 Å². The van der Waals surface area contributed by atoms with Gasteiger partial charge in [0, 0.05) is 13.2 Å². The molecule has 4 bridgehead atoms. The maximum Gasteiger partial charge on any atom is 0.0555 e. The molecule has 0 aliphatic heterocycles. The fourth-order valence-corrected chi connectivity index (χ4v) is 6.12. The van der Waals surface area contributed by atoms with E-state index in [1.165, 1.54) is 50.6 Å². The minimum Gasteiger partial charge on any atom is -0.308 e. The summed E-state index contributed by atoms with van der Waals surface area (Å²) in [5.74, 6) is 3.03. The van der Waals surface area contributed by atoms with Crippen LogP contribution in [0.2, 0.25) is 0 Å². The van der Waals surface area contributed by atoms with Gasteiger partial charge >= 0.3 is 0 Å². The van der Waals surface area contributed by atoms with Gasteiger partial charge in [0.05, 0.1) is 11.7 Å². The van der Waals surface area contributed by atoms with Crippen LogP contribution >= 0.6 is 0 Å². The lowest BCUT2D eigenvalue weighted by atomic mass is 9.47. The van der Waals surface area contributed by atoms with E-state index in [4.69, 9.17) is 0 Å². The molecule has 3 heteroatoms. The van der Waals surface area contributed by atoms with Crippen LogP contribution in [0.25, 0.3) is 0 Å². The third-order valence-corrected chi connectivity index (χ3v) is 6.45. The predicted octanol–water partition coefficient (Wildman–Crippen LogP) is 3.68. The molecule has 1 aromatic rings. The molecule has 0 aromatic carbocycles. The van der Waals surface area contributed by atoms with E-state index in [0.717, 1.165) is 24.3 Å². The largest absolute Gasteiger partial charge is 0.308 e. The van der Waals surface area contributed by atoms with Crippen LogP contribution in [0.4, 0.5) is 0 Å². The Labute approximate surface area is 128 Å². The molecule has 0 spiro atoms. The minimum atomic E-state index is 0.512.